The van der Waals surface area contributed by atoms with Crippen LogP contribution in [0.15, 0.2) is 48.6 Å². The van der Waals surface area contributed by atoms with Gasteiger partial charge in [0, 0.05) is 90.4 Å². The second-order valence-corrected chi connectivity index (χ2v) is 22.6. The van der Waals surface area contributed by atoms with Crippen molar-refractivity contribution >= 4 is 42.0 Å². The van der Waals surface area contributed by atoms with Gasteiger partial charge in [0.2, 0.25) is 0 Å². The summed E-state index contributed by atoms with van der Waals surface area (Å²) in [4.78, 5) is 53.2. The molecule has 5 aliphatic heterocycles. The summed E-state index contributed by atoms with van der Waals surface area (Å²) in [7, 11) is 0.503. The normalized spacial score (nSPS) is 34.1. The number of esters is 1. The average Bonchev–Trinajstić information content (AvgIpc) is 4.00. The van der Waals surface area contributed by atoms with Crippen molar-refractivity contribution in [2.45, 2.75) is 125 Å². The highest BCUT2D eigenvalue weighted by Crippen LogP contribution is 2.68. The SMILES string of the molecule is CCOP(=O)(OCC)[C@H](CCC(=O)O)NC(=O)[C@]1(O)[C@@H]2N(C)c3cc(OC)c([C@@]4(C(=O)OC)C[C@H]5CN(CCc6c4[nH]c4ccccc64)C[C@](O)(CC)C5)cc3C23CCN2CC=C[C@](CC)(C23)[C@H]1O. The number of carboxylic acid groups (broad SMARTS) is 1. The van der Waals surface area contributed by atoms with Crippen LogP contribution in [-0.2, 0) is 50.0 Å². The van der Waals surface area contributed by atoms with E-state index in [0.717, 1.165) is 22.0 Å². The number of carbonyl (C=O) groups excluding carboxylic acids is 2. The monoisotopic (exact) mass is 975 g/mol. The Morgan fingerprint density at radius 2 is 1.72 bits per heavy atom. The van der Waals surface area contributed by atoms with E-state index >= 15 is 9.59 Å². The van der Waals surface area contributed by atoms with Crippen LogP contribution in [-0.4, -0.2) is 155 Å². The zero-order valence-corrected chi connectivity index (χ0v) is 41.9. The highest BCUT2D eigenvalue weighted by atomic mass is 31.2. The maximum Gasteiger partial charge on any atom is 0.352 e. The van der Waals surface area contributed by atoms with Crippen LogP contribution in [0.1, 0.15) is 95.0 Å². The second-order valence-electron chi connectivity index (χ2n) is 20.4. The van der Waals surface area contributed by atoms with Crippen LogP contribution in [0.25, 0.3) is 10.9 Å². The lowest BCUT2D eigenvalue weighted by atomic mass is 9.47. The average molecular weight is 976 g/mol. The van der Waals surface area contributed by atoms with Crippen LogP contribution in [0.3, 0.4) is 0 Å². The Morgan fingerprint density at radius 3 is 2.39 bits per heavy atom. The molecule has 6 aliphatic rings. The Hall–Kier alpha value is -4.32. The molecule has 1 aliphatic carbocycles. The summed E-state index contributed by atoms with van der Waals surface area (Å²) in [6.07, 6.45) is 3.97. The van der Waals surface area contributed by atoms with E-state index in [1.165, 1.54) is 7.11 Å². The number of aromatic nitrogens is 1. The molecular weight excluding hydrogens is 906 g/mol. The molecule has 376 valence electrons. The topological polar surface area (TPSA) is 224 Å². The number of aliphatic hydroxyl groups is 3. The van der Waals surface area contributed by atoms with E-state index in [9.17, 15) is 29.8 Å². The summed E-state index contributed by atoms with van der Waals surface area (Å²) >= 11 is 0. The number of aromatic amines is 1. The van der Waals surface area contributed by atoms with E-state index in [1.807, 2.05) is 61.2 Å². The number of nitrogens with zero attached hydrogens (tertiary/aromatic N) is 3. The molecule has 1 saturated carbocycles. The van der Waals surface area contributed by atoms with Gasteiger partial charge in [0.25, 0.3) is 5.91 Å². The summed E-state index contributed by atoms with van der Waals surface area (Å²) in [6, 6.07) is 10.3. The van der Waals surface area contributed by atoms with E-state index in [0.29, 0.717) is 87.5 Å². The number of carboxylic acids is 1. The number of methoxy groups -OCH3 is 2. The van der Waals surface area contributed by atoms with Gasteiger partial charge in [-0.15, -0.1) is 0 Å². The predicted octanol–water partition coefficient (Wildman–Crippen LogP) is 4.82. The number of fused-ring (bicyclic) bond motifs is 6. The quantitative estimate of drug-likeness (QED) is 0.0683. The summed E-state index contributed by atoms with van der Waals surface area (Å²) in [5.41, 5.74) is -2.98. The lowest BCUT2D eigenvalue weighted by molar-refractivity contribution is -0.203. The van der Waals surface area contributed by atoms with Crippen molar-refractivity contribution in [3.63, 3.8) is 0 Å². The maximum atomic E-state index is 15.5. The summed E-state index contributed by atoms with van der Waals surface area (Å²) < 4.78 is 38.2. The van der Waals surface area contributed by atoms with Crippen LogP contribution in [0.5, 0.6) is 5.75 Å². The minimum Gasteiger partial charge on any atom is -0.496 e. The van der Waals surface area contributed by atoms with Crippen LogP contribution >= 0.6 is 7.60 Å². The first-order chi connectivity index (χ1) is 32.9. The van der Waals surface area contributed by atoms with Crippen LogP contribution in [0, 0.1) is 11.3 Å². The second kappa shape index (κ2) is 18.1. The van der Waals surface area contributed by atoms with E-state index in [1.54, 1.807) is 28.0 Å². The zero-order valence-electron chi connectivity index (χ0n) is 41.0. The molecule has 9 rings (SSSR count). The molecule has 17 nitrogen and oxygen atoms in total. The molecule has 2 aromatic carbocycles. The van der Waals surface area contributed by atoms with Gasteiger partial charge in [-0.1, -0.05) is 44.2 Å². The van der Waals surface area contributed by atoms with Crippen molar-refractivity contribution in [2.75, 3.05) is 72.1 Å². The number of amides is 1. The first kappa shape index (κ1) is 49.7. The third kappa shape index (κ3) is 7.26. The standard InChI is InChI=1S/C51H70N5O12P/c1-8-47(62)27-31-28-50(46(61)66-7,41-33(19-23-55(29-31)30-47)32-15-12-13-16-36(32)52-41)35-25-34-37(26-38(35)65-6)54(5)43-49(34)21-24-56-22-14-20-48(9-2,42(49)56)44(59)51(43,63)45(60)53-39(17-18-40(57)58)69(64,67-10-3)68-11-4/h12-16,20,25-26,31,39,42-44,52,59,62-63H,8-11,17-19,21-24,27-30H2,1-7H3,(H,53,60)(H,57,58)/t31-,39+,42?,43+,44+,47-,48+,49?,50-,51-/m0/s1. The lowest BCUT2D eigenvalue weighted by Crippen LogP contribution is -2.82. The fraction of sp³-hybridized carbons (Fsp3) is 0.627. The van der Waals surface area contributed by atoms with Crippen molar-refractivity contribution in [1.82, 2.24) is 20.1 Å². The Balaban J connectivity index is 1.30. The van der Waals surface area contributed by atoms with Gasteiger partial charge in [-0.05, 0) is 94.5 Å². The number of carbonyl (C=O) groups is 3. The highest BCUT2D eigenvalue weighted by Gasteiger charge is 2.79. The maximum absolute atomic E-state index is 15.5. The summed E-state index contributed by atoms with van der Waals surface area (Å²) in [6.45, 7) is 9.97. The van der Waals surface area contributed by atoms with Crippen molar-refractivity contribution in [2.24, 2.45) is 11.3 Å². The highest BCUT2D eigenvalue weighted by molar-refractivity contribution is 7.54. The van der Waals surface area contributed by atoms with Gasteiger partial charge in [-0.2, -0.15) is 0 Å². The van der Waals surface area contributed by atoms with E-state index in [4.69, 9.17) is 18.5 Å². The van der Waals surface area contributed by atoms with Gasteiger partial charge in [0.1, 0.15) is 23.1 Å². The molecule has 11 atom stereocenters. The van der Waals surface area contributed by atoms with Crippen LogP contribution < -0.4 is 15.0 Å². The first-order valence-electron chi connectivity index (χ1n) is 24.7. The number of ether oxygens (including phenoxy) is 2. The summed E-state index contributed by atoms with van der Waals surface area (Å²) in [5.74, 6) is -4.01. The molecule has 1 spiro atoms. The molecule has 1 amide bonds. The Bertz CT molecular complexity index is 2580. The number of piperidine rings is 1. The number of hydrogen-bond donors (Lipinski definition) is 6. The van der Waals surface area contributed by atoms with E-state index in [-0.39, 0.29) is 32.0 Å². The van der Waals surface area contributed by atoms with E-state index in [2.05, 4.69) is 26.2 Å². The Labute approximate surface area is 404 Å². The minimum atomic E-state index is -4.24. The molecule has 0 radical (unpaired) electrons. The van der Waals surface area contributed by atoms with Gasteiger partial charge >= 0.3 is 19.5 Å². The van der Waals surface area contributed by atoms with Crippen molar-refractivity contribution in [3.8, 4) is 5.75 Å². The van der Waals surface area contributed by atoms with Gasteiger partial charge in [0.05, 0.1) is 39.1 Å². The van der Waals surface area contributed by atoms with Crippen molar-refractivity contribution in [3.05, 3.63) is 70.9 Å². The summed E-state index contributed by atoms with van der Waals surface area (Å²) in [5, 5.41) is 52.4. The third-order valence-corrected chi connectivity index (χ3v) is 19.5. The molecule has 18 heteroatoms. The third-order valence-electron chi connectivity index (χ3n) is 17.1. The number of aliphatic hydroxyl groups excluding tert-OH is 1. The molecule has 3 aromatic rings. The molecule has 2 bridgehead atoms. The fourth-order valence-corrected chi connectivity index (χ4v) is 16.3. The fourth-order valence-electron chi connectivity index (χ4n) is 14.4. The number of nitrogens with one attached hydrogen (secondary N) is 2. The number of rotatable bonds is 15. The molecule has 2 saturated heterocycles. The molecule has 3 unspecified atom stereocenters. The predicted molar refractivity (Wildman–Crippen MR) is 259 cm³/mol. The van der Waals surface area contributed by atoms with Gasteiger partial charge in [-0.3, -0.25) is 28.7 Å². The number of H-pyrrole nitrogens is 1. The smallest absolute Gasteiger partial charge is 0.352 e. The number of para-hydroxylation sites is 1. The number of anilines is 1. The van der Waals surface area contributed by atoms with Gasteiger partial charge in [0.15, 0.2) is 5.60 Å². The van der Waals surface area contributed by atoms with Gasteiger partial charge < -0.3 is 54.1 Å². The van der Waals surface area contributed by atoms with Crippen molar-refractivity contribution < 1.29 is 57.9 Å². The minimum absolute atomic E-state index is 0.0651. The Morgan fingerprint density at radius 1 is 0.986 bits per heavy atom. The first-order valence-corrected chi connectivity index (χ1v) is 26.4. The molecule has 69 heavy (non-hydrogen) atoms. The number of benzene rings is 2. The molecule has 6 heterocycles. The Kier molecular flexibility index (Phi) is 13.0. The number of likely N-dealkylation sites (N-methyl/N-ethyl adjacent to an activating group) is 1. The van der Waals surface area contributed by atoms with Crippen molar-refractivity contribution in [1.29, 1.82) is 0 Å². The molecular formula is C51H70N5O12P. The molecule has 1 aromatic heterocycles. The lowest BCUT2D eigenvalue weighted by Gasteiger charge is -2.63. The number of aliphatic carboxylic acids is 1. The molecule has 3 fully saturated rings. The number of hydrogen-bond acceptors (Lipinski definition) is 14. The zero-order chi connectivity index (χ0) is 49.5. The largest absolute Gasteiger partial charge is 0.496 e. The van der Waals surface area contributed by atoms with Crippen LogP contribution in [0.2, 0.25) is 0 Å². The van der Waals surface area contributed by atoms with Crippen LogP contribution in [0.4, 0.5) is 5.69 Å². The molecule has 6 N–H and O–H groups in total. The van der Waals surface area contributed by atoms with Gasteiger partial charge in [-0.25, -0.2) is 0 Å². The van der Waals surface area contributed by atoms with E-state index < -0.39 is 83.3 Å².